The first-order valence-electron chi connectivity index (χ1n) is 8.75. The Morgan fingerprint density at radius 2 is 1.67 bits per heavy atom. The zero-order valence-electron chi connectivity index (χ0n) is 15.5. The molecule has 0 bridgehead atoms. The number of nitrogens with zero attached hydrogens (tertiary/aromatic N) is 4. The fourth-order valence-electron chi connectivity index (χ4n) is 2.92. The van der Waals surface area contributed by atoms with Crippen molar-refractivity contribution in [1.29, 1.82) is 0 Å². The molecule has 27 heavy (non-hydrogen) atoms. The van der Waals surface area contributed by atoms with E-state index in [9.17, 15) is 0 Å². The Bertz CT molecular complexity index is 1130. The Hall–Kier alpha value is -3.47. The molecule has 0 radical (unpaired) electrons. The van der Waals surface area contributed by atoms with Crippen LogP contribution in [0.25, 0.3) is 16.9 Å². The van der Waals surface area contributed by atoms with E-state index in [2.05, 4.69) is 41.4 Å². The molecule has 2 aromatic carbocycles. The largest absolute Gasteiger partial charge is 0.497 e. The number of hydrogen-bond acceptors (Lipinski definition) is 4. The predicted molar refractivity (Wildman–Crippen MR) is 107 cm³/mol. The number of aryl methyl sites for hydroxylation is 2. The molecule has 0 spiro atoms. The number of fused-ring (bicyclic) bond motifs is 1. The third kappa shape index (κ3) is 3.44. The molecule has 0 aliphatic heterocycles. The second-order valence-corrected chi connectivity index (χ2v) is 6.49. The molecule has 0 atom stereocenters. The third-order valence-corrected chi connectivity index (χ3v) is 4.38. The smallest absolute Gasteiger partial charge is 0.187 e. The molecule has 2 heterocycles. The minimum atomic E-state index is 0.709. The third-order valence-electron chi connectivity index (χ3n) is 4.38. The average Bonchev–Trinajstić information content (AvgIpc) is 3.04. The van der Waals surface area contributed by atoms with E-state index in [1.807, 2.05) is 53.9 Å². The minimum absolute atomic E-state index is 0.709. The first-order valence-corrected chi connectivity index (χ1v) is 8.75. The van der Waals surface area contributed by atoms with Crippen LogP contribution in [-0.4, -0.2) is 16.5 Å². The Labute approximate surface area is 158 Å². The van der Waals surface area contributed by atoms with Crippen molar-refractivity contribution in [3.63, 3.8) is 0 Å². The quantitative estimate of drug-likeness (QED) is 0.418. The van der Waals surface area contributed by atoms with Gasteiger partial charge in [0.2, 0.25) is 0 Å². The van der Waals surface area contributed by atoms with Gasteiger partial charge in [-0.15, -0.1) is 10.2 Å². The summed E-state index contributed by atoms with van der Waals surface area (Å²) < 4.78 is 7.24. The molecule has 5 heteroatoms. The van der Waals surface area contributed by atoms with Gasteiger partial charge in [0.05, 0.1) is 12.8 Å². The van der Waals surface area contributed by atoms with Gasteiger partial charge in [0.15, 0.2) is 5.82 Å². The molecular weight excluding hydrogens is 336 g/mol. The van der Waals surface area contributed by atoms with E-state index >= 15 is 0 Å². The molecule has 0 amide bonds. The van der Waals surface area contributed by atoms with E-state index in [-0.39, 0.29) is 0 Å². The standard InChI is InChI=1S/C22H20N4O/c1-15-7-10-17(11-8-15)21-22(26-14-16(2)9-12-20(26)23-21)25-24-18-5-4-6-19(13-18)27-3/h4-14H,1-3H3. The van der Waals surface area contributed by atoms with E-state index in [1.165, 1.54) is 5.56 Å². The van der Waals surface area contributed by atoms with Crippen LogP contribution < -0.4 is 4.74 Å². The van der Waals surface area contributed by atoms with Crippen molar-refractivity contribution in [2.75, 3.05) is 7.11 Å². The summed E-state index contributed by atoms with van der Waals surface area (Å²) >= 11 is 0. The minimum Gasteiger partial charge on any atom is -0.497 e. The van der Waals surface area contributed by atoms with Crippen molar-refractivity contribution >= 4 is 17.2 Å². The molecule has 0 aliphatic rings. The Morgan fingerprint density at radius 3 is 2.44 bits per heavy atom. The average molecular weight is 356 g/mol. The van der Waals surface area contributed by atoms with E-state index in [0.717, 1.165) is 33.9 Å². The van der Waals surface area contributed by atoms with Gasteiger partial charge < -0.3 is 4.74 Å². The number of imidazole rings is 1. The first-order chi connectivity index (χ1) is 13.1. The lowest BCUT2D eigenvalue weighted by Crippen LogP contribution is -1.85. The number of benzene rings is 2. The molecule has 5 nitrogen and oxygen atoms in total. The van der Waals surface area contributed by atoms with Gasteiger partial charge in [0.25, 0.3) is 0 Å². The summed E-state index contributed by atoms with van der Waals surface area (Å²) in [6.45, 7) is 4.12. The SMILES string of the molecule is COc1cccc(N=Nc2c(-c3ccc(C)cc3)nc3ccc(C)cn23)c1. The number of azo groups is 1. The fraction of sp³-hybridized carbons (Fsp3) is 0.136. The normalized spacial score (nSPS) is 11.4. The van der Waals surface area contributed by atoms with Crippen LogP contribution in [0.15, 0.2) is 77.1 Å². The molecule has 0 aliphatic carbocycles. The maximum atomic E-state index is 5.26. The highest BCUT2D eigenvalue weighted by Crippen LogP contribution is 2.33. The van der Waals surface area contributed by atoms with Crippen LogP contribution in [0.5, 0.6) is 5.75 Å². The van der Waals surface area contributed by atoms with Crippen LogP contribution in [0.1, 0.15) is 11.1 Å². The maximum absolute atomic E-state index is 5.26. The highest BCUT2D eigenvalue weighted by atomic mass is 16.5. The Balaban J connectivity index is 1.86. The van der Waals surface area contributed by atoms with Gasteiger partial charge in [-0.1, -0.05) is 42.0 Å². The molecule has 134 valence electrons. The Kier molecular flexibility index (Phi) is 4.42. The van der Waals surface area contributed by atoms with Crippen LogP contribution >= 0.6 is 0 Å². The fourth-order valence-corrected chi connectivity index (χ4v) is 2.92. The molecule has 0 N–H and O–H groups in total. The number of pyridine rings is 1. The van der Waals surface area contributed by atoms with Crippen LogP contribution in [0.4, 0.5) is 11.5 Å². The van der Waals surface area contributed by atoms with Crippen molar-refractivity contribution in [2.24, 2.45) is 10.2 Å². The second-order valence-electron chi connectivity index (χ2n) is 6.49. The molecule has 0 saturated carbocycles. The van der Waals surface area contributed by atoms with Crippen LogP contribution in [-0.2, 0) is 0 Å². The van der Waals surface area contributed by atoms with Gasteiger partial charge in [0, 0.05) is 17.8 Å². The molecular formula is C22H20N4O. The first kappa shape index (κ1) is 17.0. The lowest BCUT2D eigenvalue weighted by molar-refractivity contribution is 0.415. The number of aromatic nitrogens is 2. The van der Waals surface area contributed by atoms with Gasteiger partial charge in [-0.2, -0.15) is 0 Å². The summed E-state index contributed by atoms with van der Waals surface area (Å²) in [6, 6.07) is 19.8. The van der Waals surface area contributed by atoms with E-state index < -0.39 is 0 Å². The van der Waals surface area contributed by atoms with E-state index in [1.54, 1.807) is 7.11 Å². The van der Waals surface area contributed by atoms with Crippen LogP contribution in [0, 0.1) is 13.8 Å². The monoisotopic (exact) mass is 356 g/mol. The van der Waals surface area contributed by atoms with Crippen molar-refractivity contribution in [2.45, 2.75) is 13.8 Å². The number of ether oxygens (including phenoxy) is 1. The van der Waals surface area contributed by atoms with Gasteiger partial charge in [0.1, 0.15) is 17.1 Å². The summed E-state index contributed by atoms with van der Waals surface area (Å²) in [7, 11) is 1.64. The van der Waals surface area contributed by atoms with E-state index in [0.29, 0.717) is 5.82 Å². The van der Waals surface area contributed by atoms with Gasteiger partial charge in [-0.25, -0.2) is 4.98 Å². The molecule has 0 saturated heterocycles. The Morgan fingerprint density at radius 1 is 0.889 bits per heavy atom. The van der Waals surface area contributed by atoms with Crippen LogP contribution in [0.3, 0.4) is 0 Å². The summed E-state index contributed by atoms with van der Waals surface area (Å²) in [5.74, 6) is 1.46. The number of rotatable bonds is 4. The lowest BCUT2D eigenvalue weighted by Gasteiger charge is -2.02. The lowest BCUT2D eigenvalue weighted by atomic mass is 10.1. The zero-order chi connectivity index (χ0) is 18.8. The zero-order valence-corrected chi connectivity index (χ0v) is 15.5. The number of methoxy groups -OCH3 is 1. The van der Waals surface area contributed by atoms with Crippen molar-refractivity contribution in [1.82, 2.24) is 9.38 Å². The molecule has 0 fully saturated rings. The number of hydrogen-bond donors (Lipinski definition) is 0. The molecule has 4 aromatic rings. The van der Waals surface area contributed by atoms with Gasteiger partial charge >= 0.3 is 0 Å². The van der Waals surface area contributed by atoms with Gasteiger partial charge in [-0.05, 0) is 37.6 Å². The summed E-state index contributed by atoms with van der Waals surface area (Å²) in [5.41, 5.74) is 5.74. The molecule has 0 unspecified atom stereocenters. The highest BCUT2D eigenvalue weighted by molar-refractivity contribution is 5.74. The maximum Gasteiger partial charge on any atom is 0.187 e. The van der Waals surface area contributed by atoms with Crippen molar-refractivity contribution in [3.8, 4) is 17.0 Å². The topological polar surface area (TPSA) is 51.2 Å². The van der Waals surface area contributed by atoms with Crippen LogP contribution in [0.2, 0.25) is 0 Å². The predicted octanol–water partition coefficient (Wildman–Crippen LogP) is 6.04. The van der Waals surface area contributed by atoms with E-state index in [4.69, 9.17) is 9.72 Å². The van der Waals surface area contributed by atoms with Crippen molar-refractivity contribution < 1.29 is 4.74 Å². The molecule has 2 aromatic heterocycles. The molecule has 4 rings (SSSR count). The second kappa shape index (κ2) is 7.03. The summed E-state index contributed by atoms with van der Waals surface area (Å²) in [6.07, 6.45) is 2.03. The summed E-state index contributed by atoms with van der Waals surface area (Å²) in [5, 5.41) is 8.97. The summed E-state index contributed by atoms with van der Waals surface area (Å²) in [4.78, 5) is 4.78. The van der Waals surface area contributed by atoms with Crippen molar-refractivity contribution in [3.05, 3.63) is 78.0 Å². The highest BCUT2D eigenvalue weighted by Gasteiger charge is 2.14. The van der Waals surface area contributed by atoms with Gasteiger partial charge in [-0.3, -0.25) is 4.40 Å².